The molecule has 1 atom stereocenters. The number of β-amino-alcohol motifs (C(OH)–C–C–N with tert-alkyl or cyclic N) is 1. The summed E-state index contributed by atoms with van der Waals surface area (Å²) in [5, 5.41) is 13.6. The zero-order valence-corrected chi connectivity index (χ0v) is 22.7. The van der Waals surface area contributed by atoms with E-state index in [0.717, 1.165) is 48.8 Å². The first-order valence-electron chi connectivity index (χ1n) is 14.2. The van der Waals surface area contributed by atoms with Crippen LogP contribution in [0.4, 0.5) is 0 Å². The number of oxazole rings is 1. The molecule has 2 aromatic heterocycles. The van der Waals surface area contributed by atoms with Crippen molar-refractivity contribution in [2.75, 3.05) is 19.6 Å². The minimum atomic E-state index is -0.641. The number of pyridine rings is 1. The fourth-order valence-corrected chi connectivity index (χ4v) is 6.54. The molecule has 39 heavy (non-hydrogen) atoms. The Morgan fingerprint density at radius 3 is 2.87 bits per heavy atom. The molecule has 8 heteroatoms. The molecule has 2 aliphatic carbocycles. The number of carbonyl (C=O) groups is 1. The molecular formula is C31H38N4O4. The fraction of sp³-hybridized carbons (Fsp3) is 0.516. The second kappa shape index (κ2) is 11.1. The van der Waals surface area contributed by atoms with Gasteiger partial charge in [0.15, 0.2) is 12.2 Å². The van der Waals surface area contributed by atoms with Gasteiger partial charge in [-0.2, -0.15) is 0 Å². The monoisotopic (exact) mass is 530 g/mol. The van der Waals surface area contributed by atoms with E-state index in [-0.39, 0.29) is 12.5 Å². The number of carbonyl (C=O) groups excluding carboxylic acids is 1. The van der Waals surface area contributed by atoms with Crippen LogP contribution in [0.25, 0.3) is 0 Å². The zero-order chi connectivity index (χ0) is 26.8. The molecule has 8 nitrogen and oxygen atoms in total. The Labute approximate surface area is 229 Å². The lowest BCUT2D eigenvalue weighted by Crippen LogP contribution is -2.43. The standard InChI is InChI=1S/C31H38N4O4/c1-21-29(39-20-34-21)19-38-28-4-3-25-17-35(10-6-23(25)13-28)18-27(36)16-33-30(37)24-5-9-32-26(12-24)11-22-14-31(15-22)7-2-8-31/h3-5,9,12-13,20,22,27,36H,2,6-8,10-11,14-19H2,1H3,(H,33,37)/t27-/m0/s1. The van der Waals surface area contributed by atoms with E-state index in [1.807, 2.05) is 19.1 Å². The largest absolute Gasteiger partial charge is 0.486 e. The fourth-order valence-electron chi connectivity index (χ4n) is 6.54. The topological polar surface area (TPSA) is 101 Å². The van der Waals surface area contributed by atoms with Crippen LogP contribution in [-0.4, -0.2) is 51.6 Å². The average Bonchev–Trinajstić information content (AvgIpc) is 3.31. The van der Waals surface area contributed by atoms with Gasteiger partial charge >= 0.3 is 0 Å². The Morgan fingerprint density at radius 1 is 1.23 bits per heavy atom. The number of nitrogens with zero attached hydrogens (tertiary/aromatic N) is 3. The quantitative estimate of drug-likeness (QED) is 0.405. The van der Waals surface area contributed by atoms with Gasteiger partial charge in [-0.1, -0.05) is 12.5 Å². The van der Waals surface area contributed by atoms with Crippen LogP contribution in [0.5, 0.6) is 5.75 Å². The summed E-state index contributed by atoms with van der Waals surface area (Å²) in [7, 11) is 0. The van der Waals surface area contributed by atoms with Crippen molar-refractivity contribution in [1.29, 1.82) is 0 Å². The third kappa shape index (κ3) is 6.02. The Kier molecular flexibility index (Phi) is 7.40. The molecule has 0 unspecified atom stereocenters. The second-order valence-electron chi connectivity index (χ2n) is 11.8. The number of hydrogen-bond acceptors (Lipinski definition) is 7. The lowest BCUT2D eigenvalue weighted by molar-refractivity contribution is -0.0243. The van der Waals surface area contributed by atoms with E-state index in [9.17, 15) is 9.90 Å². The van der Waals surface area contributed by atoms with E-state index in [0.29, 0.717) is 30.0 Å². The first-order valence-corrected chi connectivity index (χ1v) is 14.2. The maximum Gasteiger partial charge on any atom is 0.251 e. The van der Waals surface area contributed by atoms with Crippen molar-refractivity contribution in [3.63, 3.8) is 0 Å². The van der Waals surface area contributed by atoms with Crippen LogP contribution >= 0.6 is 0 Å². The summed E-state index contributed by atoms with van der Waals surface area (Å²) in [4.78, 5) is 23.6. The lowest BCUT2D eigenvalue weighted by Gasteiger charge is -2.54. The minimum Gasteiger partial charge on any atom is -0.486 e. The number of fused-ring (bicyclic) bond motifs is 1. The first kappa shape index (κ1) is 26.0. The summed E-state index contributed by atoms with van der Waals surface area (Å²) in [5.74, 6) is 2.10. The SMILES string of the molecule is Cc1ncoc1COc1ccc2c(c1)CCN(C[C@@H](O)CNC(=O)c1ccnc(CC3CC4(CCC4)C3)c1)C2. The molecular weight excluding hydrogens is 492 g/mol. The molecule has 0 radical (unpaired) electrons. The summed E-state index contributed by atoms with van der Waals surface area (Å²) in [5.41, 5.74) is 5.61. The molecule has 2 N–H and O–H groups in total. The first-order chi connectivity index (χ1) is 18.9. The molecule has 3 aliphatic rings. The molecule has 1 amide bonds. The summed E-state index contributed by atoms with van der Waals surface area (Å²) in [6.45, 7) is 4.60. The van der Waals surface area contributed by atoms with Crippen molar-refractivity contribution in [2.45, 2.75) is 71.1 Å². The van der Waals surface area contributed by atoms with Crippen LogP contribution in [-0.2, 0) is 26.0 Å². The summed E-state index contributed by atoms with van der Waals surface area (Å²) < 4.78 is 11.2. The number of ether oxygens (including phenoxy) is 1. The Morgan fingerprint density at radius 2 is 2.10 bits per heavy atom. The van der Waals surface area contributed by atoms with E-state index in [4.69, 9.17) is 9.15 Å². The minimum absolute atomic E-state index is 0.154. The van der Waals surface area contributed by atoms with E-state index in [1.54, 1.807) is 12.3 Å². The van der Waals surface area contributed by atoms with E-state index < -0.39 is 6.10 Å². The number of amides is 1. The summed E-state index contributed by atoms with van der Waals surface area (Å²) in [6.07, 6.45) is 11.2. The smallest absolute Gasteiger partial charge is 0.251 e. The van der Waals surface area contributed by atoms with Crippen molar-refractivity contribution in [2.24, 2.45) is 11.3 Å². The van der Waals surface area contributed by atoms with Gasteiger partial charge in [0.2, 0.25) is 0 Å². The normalized spacial score (nSPS) is 19.1. The predicted molar refractivity (Wildman–Crippen MR) is 146 cm³/mol. The van der Waals surface area contributed by atoms with Gasteiger partial charge < -0.3 is 19.6 Å². The van der Waals surface area contributed by atoms with E-state index >= 15 is 0 Å². The summed E-state index contributed by atoms with van der Waals surface area (Å²) >= 11 is 0. The van der Waals surface area contributed by atoms with Crippen molar-refractivity contribution >= 4 is 5.91 Å². The van der Waals surface area contributed by atoms with Crippen LogP contribution < -0.4 is 10.1 Å². The number of aromatic nitrogens is 2. The molecule has 6 rings (SSSR count). The van der Waals surface area contributed by atoms with Crippen molar-refractivity contribution < 1.29 is 19.1 Å². The van der Waals surface area contributed by atoms with Gasteiger partial charge in [-0.25, -0.2) is 4.98 Å². The Bertz CT molecular complexity index is 1310. The van der Waals surface area contributed by atoms with E-state index in [2.05, 4.69) is 32.3 Å². The second-order valence-corrected chi connectivity index (χ2v) is 11.8. The van der Waals surface area contributed by atoms with Crippen molar-refractivity contribution in [3.05, 3.63) is 76.8 Å². The highest BCUT2D eigenvalue weighted by atomic mass is 16.5. The molecule has 1 aliphatic heterocycles. The van der Waals surface area contributed by atoms with E-state index in [1.165, 1.54) is 49.6 Å². The van der Waals surface area contributed by atoms with Gasteiger partial charge in [-0.05, 0) is 92.2 Å². The van der Waals surface area contributed by atoms with Gasteiger partial charge in [-0.3, -0.25) is 14.7 Å². The van der Waals surface area contributed by atoms with Gasteiger partial charge in [0.1, 0.15) is 12.4 Å². The highest BCUT2D eigenvalue weighted by molar-refractivity contribution is 5.94. The van der Waals surface area contributed by atoms with Gasteiger partial charge in [-0.15, -0.1) is 0 Å². The van der Waals surface area contributed by atoms with Gasteiger partial charge in [0, 0.05) is 43.6 Å². The van der Waals surface area contributed by atoms with Crippen molar-refractivity contribution in [1.82, 2.24) is 20.2 Å². The number of aliphatic hydroxyl groups is 1. The highest BCUT2D eigenvalue weighted by Crippen LogP contribution is 2.59. The van der Waals surface area contributed by atoms with Gasteiger partial charge in [0.05, 0.1) is 11.8 Å². The maximum atomic E-state index is 12.8. The molecule has 0 saturated heterocycles. The van der Waals surface area contributed by atoms with Gasteiger partial charge in [0.25, 0.3) is 5.91 Å². The molecule has 2 fully saturated rings. The molecule has 3 heterocycles. The molecule has 0 bridgehead atoms. The third-order valence-corrected chi connectivity index (χ3v) is 8.89. The zero-order valence-electron chi connectivity index (χ0n) is 22.7. The van der Waals surface area contributed by atoms with Crippen LogP contribution in [0.1, 0.15) is 70.7 Å². The molecule has 1 spiro atoms. The number of hydrogen-bond donors (Lipinski definition) is 2. The lowest BCUT2D eigenvalue weighted by atomic mass is 9.51. The number of aryl methyl sites for hydroxylation is 1. The highest BCUT2D eigenvalue weighted by Gasteiger charge is 2.47. The Balaban J connectivity index is 0.944. The molecule has 2 saturated carbocycles. The Hall–Kier alpha value is -3.23. The number of benzene rings is 1. The average molecular weight is 531 g/mol. The predicted octanol–water partition coefficient (Wildman–Crippen LogP) is 4.23. The third-order valence-electron chi connectivity index (χ3n) is 8.89. The summed E-state index contributed by atoms with van der Waals surface area (Å²) in [6, 6.07) is 9.83. The van der Waals surface area contributed by atoms with Crippen LogP contribution in [0, 0.1) is 18.3 Å². The number of aliphatic hydroxyl groups excluding tert-OH is 1. The van der Waals surface area contributed by atoms with Crippen LogP contribution in [0.15, 0.2) is 47.3 Å². The maximum absolute atomic E-state index is 12.8. The van der Waals surface area contributed by atoms with Crippen LogP contribution in [0.3, 0.4) is 0 Å². The van der Waals surface area contributed by atoms with Crippen LogP contribution in [0.2, 0.25) is 0 Å². The number of rotatable bonds is 10. The molecule has 3 aromatic rings. The molecule has 206 valence electrons. The number of nitrogens with one attached hydrogen (secondary N) is 1. The van der Waals surface area contributed by atoms with Crippen molar-refractivity contribution in [3.8, 4) is 5.75 Å². The molecule has 1 aromatic carbocycles.